The van der Waals surface area contributed by atoms with Crippen molar-refractivity contribution < 1.29 is 9.59 Å². The summed E-state index contributed by atoms with van der Waals surface area (Å²) in [5, 5.41) is 2.74. The normalized spacial score (nSPS) is 14.9. The number of carbonyl (C=O) groups excluding carboxylic acids is 2. The molecule has 0 saturated heterocycles. The van der Waals surface area contributed by atoms with Gasteiger partial charge in [-0.1, -0.05) is 34.1 Å². The Hall–Kier alpha value is -0.860. The van der Waals surface area contributed by atoms with Gasteiger partial charge in [0.15, 0.2) is 0 Å². The Labute approximate surface area is 86.3 Å². The number of hydrogen-bond donors (Lipinski definition) is 1. The van der Waals surface area contributed by atoms with E-state index in [1.54, 1.807) is 0 Å². The monoisotopic (exact) mass is 199 g/mol. The zero-order valence-corrected chi connectivity index (χ0v) is 9.54. The third kappa shape index (κ3) is 5.00. The van der Waals surface area contributed by atoms with Crippen LogP contribution in [0, 0.1) is 11.8 Å². The van der Waals surface area contributed by atoms with E-state index in [0.29, 0.717) is 12.3 Å². The van der Waals surface area contributed by atoms with Crippen molar-refractivity contribution in [2.24, 2.45) is 11.8 Å². The fraction of sp³-hybridized carbons (Fsp3) is 0.818. The third-order valence-corrected chi connectivity index (χ3v) is 2.32. The van der Waals surface area contributed by atoms with Crippen molar-refractivity contribution in [3.05, 3.63) is 0 Å². The predicted molar refractivity (Wildman–Crippen MR) is 56.9 cm³/mol. The summed E-state index contributed by atoms with van der Waals surface area (Å²) in [7, 11) is 0. The number of carbonyl (C=O) groups is 2. The van der Waals surface area contributed by atoms with Crippen molar-refractivity contribution in [3.63, 3.8) is 0 Å². The molecule has 0 radical (unpaired) electrons. The van der Waals surface area contributed by atoms with Crippen LogP contribution < -0.4 is 5.32 Å². The Bertz CT molecular complexity index is 190. The fourth-order valence-electron chi connectivity index (χ4n) is 1.18. The van der Waals surface area contributed by atoms with E-state index in [2.05, 4.69) is 5.32 Å². The minimum Gasteiger partial charge on any atom is -0.346 e. The van der Waals surface area contributed by atoms with Gasteiger partial charge >= 0.3 is 0 Å². The highest BCUT2D eigenvalue weighted by atomic mass is 16.2. The zero-order valence-electron chi connectivity index (χ0n) is 9.54. The van der Waals surface area contributed by atoms with Crippen molar-refractivity contribution in [1.82, 2.24) is 5.32 Å². The highest BCUT2D eigenvalue weighted by Crippen LogP contribution is 2.06. The van der Waals surface area contributed by atoms with Gasteiger partial charge in [-0.05, 0) is 11.8 Å². The maximum absolute atomic E-state index is 11.4. The highest BCUT2D eigenvalue weighted by molar-refractivity contribution is 5.79. The van der Waals surface area contributed by atoms with Gasteiger partial charge in [-0.3, -0.25) is 4.79 Å². The van der Waals surface area contributed by atoms with E-state index in [4.69, 9.17) is 0 Å². The van der Waals surface area contributed by atoms with Crippen LogP contribution in [0.2, 0.25) is 0 Å². The molecule has 0 aliphatic heterocycles. The second kappa shape index (κ2) is 6.57. The highest BCUT2D eigenvalue weighted by Gasteiger charge is 2.17. The lowest BCUT2D eigenvalue weighted by Gasteiger charge is -2.19. The lowest BCUT2D eigenvalue weighted by molar-refractivity contribution is -0.125. The summed E-state index contributed by atoms with van der Waals surface area (Å²) in [5.41, 5.74) is 0. The van der Waals surface area contributed by atoms with E-state index in [1.807, 2.05) is 27.7 Å². The molecular formula is C11H21NO2. The lowest BCUT2D eigenvalue weighted by Crippen LogP contribution is -2.40. The van der Waals surface area contributed by atoms with Crippen LogP contribution in [0.5, 0.6) is 0 Å². The van der Waals surface area contributed by atoms with Crippen LogP contribution in [0.15, 0.2) is 0 Å². The predicted octanol–water partition coefficient (Wildman–Crippen LogP) is 1.76. The van der Waals surface area contributed by atoms with Crippen molar-refractivity contribution in [1.29, 1.82) is 0 Å². The molecule has 0 heterocycles. The molecule has 0 aromatic rings. The largest absolute Gasteiger partial charge is 0.346 e. The molecule has 82 valence electrons. The van der Waals surface area contributed by atoms with Gasteiger partial charge in [0.2, 0.25) is 5.91 Å². The molecule has 0 spiro atoms. The molecule has 3 nitrogen and oxygen atoms in total. The van der Waals surface area contributed by atoms with Crippen molar-refractivity contribution >= 4 is 12.2 Å². The number of rotatable bonds is 6. The number of aldehydes is 1. The van der Waals surface area contributed by atoms with Crippen LogP contribution in [0.3, 0.4) is 0 Å². The second-order valence-electron chi connectivity index (χ2n) is 4.21. The Balaban J connectivity index is 4.05. The Morgan fingerprint density at radius 3 is 2.29 bits per heavy atom. The van der Waals surface area contributed by atoms with Gasteiger partial charge in [0.05, 0.1) is 6.04 Å². The summed E-state index contributed by atoms with van der Waals surface area (Å²) < 4.78 is 0. The second-order valence-corrected chi connectivity index (χ2v) is 4.21. The molecule has 2 atom stereocenters. The molecule has 1 amide bonds. The average Bonchev–Trinajstić information content (AvgIpc) is 2.11. The average molecular weight is 199 g/mol. The van der Waals surface area contributed by atoms with Crippen LogP contribution in [0.1, 0.15) is 40.5 Å². The van der Waals surface area contributed by atoms with Gasteiger partial charge in [-0.15, -0.1) is 0 Å². The van der Waals surface area contributed by atoms with E-state index in [9.17, 15) is 9.59 Å². The van der Waals surface area contributed by atoms with Gasteiger partial charge in [0.25, 0.3) is 0 Å². The van der Waals surface area contributed by atoms with E-state index in [0.717, 1.165) is 12.7 Å². The first kappa shape index (κ1) is 13.1. The fourth-order valence-corrected chi connectivity index (χ4v) is 1.18. The maximum Gasteiger partial charge on any atom is 0.220 e. The summed E-state index contributed by atoms with van der Waals surface area (Å²) in [6, 6.07) is -0.328. The summed E-state index contributed by atoms with van der Waals surface area (Å²) in [6.07, 6.45) is 2.21. The van der Waals surface area contributed by atoms with Crippen LogP contribution in [-0.4, -0.2) is 18.2 Å². The van der Waals surface area contributed by atoms with E-state index in [-0.39, 0.29) is 17.9 Å². The standard InChI is InChI=1S/C11H21NO2/c1-5-9(4)10(7-13)12-11(14)6-8(2)3/h7-10H,5-6H2,1-4H3,(H,12,14)/t9-,10+/m1/s1. The first-order valence-electron chi connectivity index (χ1n) is 5.25. The van der Waals surface area contributed by atoms with Crippen molar-refractivity contribution in [2.75, 3.05) is 0 Å². The third-order valence-electron chi connectivity index (χ3n) is 2.32. The minimum absolute atomic E-state index is 0.0302. The lowest BCUT2D eigenvalue weighted by atomic mass is 10.00. The molecule has 3 heteroatoms. The quantitative estimate of drug-likeness (QED) is 0.663. The van der Waals surface area contributed by atoms with Gasteiger partial charge in [0.1, 0.15) is 6.29 Å². The molecule has 0 bridgehead atoms. The Morgan fingerprint density at radius 1 is 1.36 bits per heavy atom. The molecule has 0 aliphatic rings. The van der Waals surface area contributed by atoms with E-state index < -0.39 is 0 Å². The molecule has 0 aromatic carbocycles. The van der Waals surface area contributed by atoms with E-state index >= 15 is 0 Å². The van der Waals surface area contributed by atoms with Gasteiger partial charge in [-0.2, -0.15) is 0 Å². The number of amides is 1. The summed E-state index contributed by atoms with van der Waals surface area (Å²) in [4.78, 5) is 22.1. The molecular weight excluding hydrogens is 178 g/mol. The first-order chi connectivity index (χ1) is 6.51. The Kier molecular flexibility index (Phi) is 6.17. The molecule has 0 aliphatic carbocycles. The first-order valence-corrected chi connectivity index (χ1v) is 5.25. The number of hydrogen-bond acceptors (Lipinski definition) is 2. The molecule has 0 saturated carbocycles. The van der Waals surface area contributed by atoms with Crippen LogP contribution in [0.4, 0.5) is 0 Å². The Morgan fingerprint density at radius 2 is 1.93 bits per heavy atom. The molecule has 0 fully saturated rings. The smallest absolute Gasteiger partial charge is 0.220 e. The molecule has 0 aromatic heterocycles. The molecule has 0 unspecified atom stereocenters. The van der Waals surface area contributed by atoms with Gasteiger partial charge in [-0.25, -0.2) is 0 Å². The van der Waals surface area contributed by atoms with Crippen LogP contribution in [-0.2, 0) is 9.59 Å². The van der Waals surface area contributed by atoms with Crippen LogP contribution >= 0.6 is 0 Å². The van der Waals surface area contributed by atoms with Gasteiger partial charge < -0.3 is 10.1 Å². The molecule has 1 N–H and O–H groups in total. The zero-order chi connectivity index (χ0) is 11.1. The topological polar surface area (TPSA) is 46.2 Å². The van der Waals surface area contributed by atoms with Crippen molar-refractivity contribution in [3.8, 4) is 0 Å². The minimum atomic E-state index is -0.328. The molecule has 14 heavy (non-hydrogen) atoms. The SMILES string of the molecule is CC[C@@H](C)[C@H](C=O)NC(=O)CC(C)C. The summed E-state index contributed by atoms with van der Waals surface area (Å²) >= 11 is 0. The van der Waals surface area contributed by atoms with Crippen molar-refractivity contribution in [2.45, 2.75) is 46.6 Å². The summed E-state index contributed by atoms with van der Waals surface area (Å²) in [6.45, 7) is 7.95. The summed E-state index contributed by atoms with van der Waals surface area (Å²) in [5.74, 6) is 0.514. The number of nitrogens with one attached hydrogen (secondary N) is 1. The maximum atomic E-state index is 11.4. The molecule has 0 rings (SSSR count). The van der Waals surface area contributed by atoms with E-state index in [1.165, 1.54) is 0 Å². The van der Waals surface area contributed by atoms with Crippen LogP contribution in [0.25, 0.3) is 0 Å². The van der Waals surface area contributed by atoms with Gasteiger partial charge in [0, 0.05) is 6.42 Å².